The Balaban J connectivity index is 0.000000174. The zero-order valence-electron chi connectivity index (χ0n) is 63.9. The molecule has 12 aromatic carbocycles. The summed E-state index contributed by atoms with van der Waals surface area (Å²) < 4.78 is 20.1. The second-order valence-electron chi connectivity index (χ2n) is 29.1. The predicted octanol–water partition coefficient (Wildman–Crippen LogP) is 26.9. The number of rotatable bonds is 18. The molecule has 0 aliphatic carbocycles. The van der Waals surface area contributed by atoms with Crippen molar-refractivity contribution in [3.63, 3.8) is 0 Å². The van der Waals surface area contributed by atoms with Gasteiger partial charge in [0.2, 0.25) is 0 Å². The van der Waals surface area contributed by atoms with Crippen molar-refractivity contribution in [3.8, 4) is 118 Å². The summed E-state index contributed by atoms with van der Waals surface area (Å²) in [6, 6.07) is 103. The maximum Gasteiger partial charge on any atom is 0.0602 e. The van der Waals surface area contributed by atoms with Gasteiger partial charge in [0.1, 0.15) is 0 Å². The standard InChI is InChI=1S/C39H35N2.C33H31N2.C27H26FN2.3Ir/c1-27(2)36-25-35(26-37(28(3)4)38(36)41-21-20-40-39(41)31-18-12-7-13-19-31)34-23-32(29-14-8-5-9-15-29)22-33(24-34)30-16-10-6-11-17-30;1-23(2)30-21-29(28-17-11-16-27(20-28)25-12-7-5-8-13-25)22-31(24(3)4)32(30)35-19-18-34-33(35)26-14-9-6-10-15-26;1-18(2)24-16-22(20-8-6-5-7-9-20)17-25(19(3)4)26(24)30-15-14-29-27(30)21-10-12-23(28)13-11-21;;;/h5-18,20-28H,1-4H3;5-14,16-24H,1-4H3;5-10,12-19H,1-4H3;;;/q3*-1;;;. The van der Waals surface area contributed by atoms with Gasteiger partial charge in [-0.05, 0) is 196 Å². The third kappa shape index (κ3) is 18.7. The fourth-order valence-electron chi connectivity index (χ4n) is 14.2. The number of benzene rings is 12. The first-order valence-corrected chi connectivity index (χ1v) is 37.2. The molecule has 15 rings (SSSR count). The number of nitrogens with zero attached hydrogens (tertiary/aromatic N) is 6. The van der Waals surface area contributed by atoms with Crippen LogP contribution in [-0.2, 0) is 60.3 Å². The Labute approximate surface area is 685 Å². The molecule has 0 saturated heterocycles. The van der Waals surface area contributed by atoms with Crippen LogP contribution < -0.4 is 0 Å². The molecule has 3 heterocycles. The molecule has 0 spiro atoms. The third-order valence-corrected chi connectivity index (χ3v) is 19.7. The first-order valence-electron chi connectivity index (χ1n) is 37.2. The van der Waals surface area contributed by atoms with Gasteiger partial charge in [-0.1, -0.05) is 223 Å². The molecule has 10 heteroatoms. The first kappa shape index (κ1) is 81.7. The van der Waals surface area contributed by atoms with E-state index in [0.717, 1.165) is 39.9 Å². The van der Waals surface area contributed by atoms with Crippen LogP contribution in [0.2, 0.25) is 0 Å². The molecule has 0 aliphatic heterocycles. The van der Waals surface area contributed by atoms with Gasteiger partial charge in [0.05, 0.1) is 17.5 Å². The largest absolute Gasteiger partial charge is 0.340 e. The van der Waals surface area contributed by atoms with E-state index in [4.69, 9.17) is 9.97 Å². The summed E-state index contributed by atoms with van der Waals surface area (Å²) in [7, 11) is 0. The van der Waals surface area contributed by atoms with E-state index in [1.807, 2.05) is 61.1 Å². The van der Waals surface area contributed by atoms with Crippen LogP contribution >= 0.6 is 0 Å². The van der Waals surface area contributed by atoms with E-state index < -0.39 is 0 Å². The SMILES string of the molecule is CC(C)c1cc(-c2cc(-c3ccccc3)cc(-c3ccccc3)c2)cc(C(C)C)c1-n1ccnc1-c1[c-]cccc1.CC(C)c1cc(-c2cccc(-c3ccccc3)c2)cc(C(C)C)c1-n1ccnc1-c1[c-]cccc1.CC(C)c1cc(-c2ccccc2)cc(C(C)C)c1-n1ccnc1-c1[c-]cc(F)cc1.[Ir].[Ir].[Ir]. The molecule has 0 amide bonds. The Morgan fingerprint density at radius 1 is 0.257 bits per heavy atom. The number of imidazole rings is 3. The van der Waals surface area contributed by atoms with Crippen molar-refractivity contribution in [2.24, 2.45) is 0 Å². The second-order valence-corrected chi connectivity index (χ2v) is 29.1. The van der Waals surface area contributed by atoms with Crippen molar-refractivity contribution in [2.75, 3.05) is 0 Å². The molecule has 0 atom stereocenters. The molecule has 15 aromatic rings. The van der Waals surface area contributed by atoms with E-state index in [1.54, 1.807) is 12.3 Å². The zero-order chi connectivity index (χ0) is 74.0. The maximum atomic E-state index is 13.4. The van der Waals surface area contributed by atoms with Crippen LogP contribution in [0.1, 0.15) is 152 Å². The van der Waals surface area contributed by atoms with Crippen LogP contribution in [0.5, 0.6) is 0 Å². The van der Waals surface area contributed by atoms with Crippen LogP contribution in [0.15, 0.2) is 304 Å². The molecule has 0 N–H and O–H groups in total. The van der Waals surface area contributed by atoms with Crippen LogP contribution in [0.3, 0.4) is 0 Å². The first-order chi connectivity index (χ1) is 51.5. The van der Waals surface area contributed by atoms with Crippen molar-refractivity contribution in [3.05, 3.63) is 361 Å². The molecule has 0 unspecified atom stereocenters. The van der Waals surface area contributed by atoms with Crippen LogP contribution in [0.25, 0.3) is 118 Å². The molecule has 109 heavy (non-hydrogen) atoms. The van der Waals surface area contributed by atoms with Crippen molar-refractivity contribution >= 4 is 0 Å². The van der Waals surface area contributed by atoms with Crippen molar-refractivity contribution < 1.29 is 64.7 Å². The Bertz CT molecular complexity index is 5270. The van der Waals surface area contributed by atoms with E-state index in [1.165, 1.54) is 124 Å². The summed E-state index contributed by atoms with van der Waals surface area (Å²) in [6.07, 6.45) is 11.7. The van der Waals surface area contributed by atoms with Gasteiger partial charge in [-0.3, -0.25) is 19.3 Å². The monoisotopic (exact) mass is 1960 g/mol. The summed E-state index contributed by atoms with van der Waals surface area (Å²) in [4.78, 5) is 14.1. The fraction of sp³-hybridized carbons (Fsp3) is 0.182. The van der Waals surface area contributed by atoms with Crippen molar-refractivity contribution in [2.45, 2.75) is 119 Å². The quantitative estimate of drug-likeness (QED) is 0.0805. The summed E-state index contributed by atoms with van der Waals surface area (Å²) in [5.41, 5.74) is 29.0. The van der Waals surface area contributed by atoms with Gasteiger partial charge in [0, 0.05) is 120 Å². The van der Waals surface area contributed by atoms with Gasteiger partial charge >= 0.3 is 0 Å². The Morgan fingerprint density at radius 3 is 0.798 bits per heavy atom. The zero-order valence-corrected chi connectivity index (χ0v) is 71.1. The predicted molar refractivity (Wildman–Crippen MR) is 441 cm³/mol. The molecule has 6 nitrogen and oxygen atoms in total. The average Bonchev–Trinajstić information content (AvgIpc) is 1.75. The molecule has 0 aliphatic rings. The molecule has 3 aromatic heterocycles. The van der Waals surface area contributed by atoms with Crippen molar-refractivity contribution in [1.29, 1.82) is 0 Å². The van der Waals surface area contributed by atoms with Gasteiger partial charge in [0.15, 0.2) is 0 Å². The summed E-state index contributed by atoms with van der Waals surface area (Å²) >= 11 is 0. The molecular formula is C99H92FIr3N6-3. The second kappa shape index (κ2) is 37.5. The maximum absolute atomic E-state index is 13.4. The Morgan fingerprint density at radius 2 is 0.505 bits per heavy atom. The molecular weight excluding hydrogens is 1870 g/mol. The molecule has 0 bridgehead atoms. The minimum absolute atomic E-state index is 0. The third-order valence-electron chi connectivity index (χ3n) is 19.7. The fourth-order valence-corrected chi connectivity index (χ4v) is 14.2. The molecule has 0 fully saturated rings. The average molecular weight is 1960 g/mol. The molecule has 0 saturated carbocycles. The van der Waals surface area contributed by atoms with Gasteiger partial charge in [-0.2, -0.15) is 0 Å². The van der Waals surface area contributed by atoms with E-state index in [9.17, 15) is 4.39 Å². The van der Waals surface area contributed by atoms with Crippen molar-refractivity contribution in [1.82, 2.24) is 28.7 Å². The van der Waals surface area contributed by atoms with Crippen LogP contribution in [-0.4, -0.2) is 28.7 Å². The summed E-state index contributed by atoms with van der Waals surface area (Å²) in [5.74, 6) is 4.33. The smallest absolute Gasteiger partial charge is 0.0602 e. The van der Waals surface area contributed by atoms with Gasteiger partial charge < -0.3 is 13.7 Å². The Kier molecular flexibility index (Phi) is 28.1. The summed E-state index contributed by atoms with van der Waals surface area (Å²) in [6.45, 7) is 27.1. The number of halogens is 1. The van der Waals surface area contributed by atoms with E-state index >= 15 is 0 Å². The topological polar surface area (TPSA) is 53.5 Å². The number of hydrogen-bond donors (Lipinski definition) is 0. The minimum Gasteiger partial charge on any atom is -0.340 e. The molecule has 555 valence electrons. The van der Waals surface area contributed by atoms with Crippen LogP contribution in [0, 0.1) is 24.0 Å². The Hall–Kier alpha value is -9.85. The van der Waals surface area contributed by atoms with E-state index in [-0.39, 0.29) is 66.1 Å². The summed E-state index contributed by atoms with van der Waals surface area (Å²) in [5, 5.41) is 0. The van der Waals surface area contributed by atoms with Crippen LogP contribution in [0.4, 0.5) is 4.39 Å². The molecule has 3 radical (unpaired) electrons. The van der Waals surface area contributed by atoms with Gasteiger partial charge in [-0.15, -0.1) is 102 Å². The number of aromatic nitrogens is 6. The van der Waals surface area contributed by atoms with Gasteiger partial charge in [-0.25, -0.2) is 0 Å². The van der Waals surface area contributed by atoms with E-state index in [2.05, 4.69) is 339 Å². The minimum atomic E-state index is -0.296. The van der Waals surface area contributed by atoms with E-state index in [0.29, 0.717) is 35.5 Å². The normalized spacial score (nSPS) is 11.1. The number of hydrogen-bond acceptors (Lipinski definition) is 3. The van der Waals surface area contributed by atoms with Gasteiger partial charge in [0.25, 0.3) is 0 Å².